The van der Waals surface area contributed by atoms with E-state index in [2.05, 4.69) is 20.0 Å². The smallest absolute Gasteiger partial charge is 0.337 e. The summed E-state index contributed by atoms with van der Waals surface area (Å²) in [5.41, 5.74) is 2.03. The number of carbonyl (C=O) groups is 1. The van der Waals surface area contributed by atoms with Crippen molar-refractivity contribution < 1.29 is 9.53 Å². The maximum atomic E-state index is 11.4. The second kappa shape index (κ2) is 5.99. The molecule has 0 aliphatic heterocycles. The zero-order valence-electron chi connectivity index (χ0n) is 11.7. The van der Waals surface area contributed by atoms with Gasteiger partial charge in [-0.05, 0) is 48.0 Å². The van der Waals surface area contributed by atoms with Gasteiger partial charge in [-0.25, -0.2) is 9.78 Å². The van der Waals surface area contributed by atoms with Crippen LogP contribution in [0.4, 0.5) is 11.5 Å². The van der Waals surface area contributed by atoms with E-state index in [9.17, 15) is 4.79 Å². The Morgan fingerprint density at radius 3 is 2.55 bits per heavy atom. The number of hydrogen-bond acceptors (Lipinski definition) is 5. The van der Waals surface area contributed by atoms with E-state index in [0.29, 0.717) is 11.4 Å². The lowest BCUT2D eigenvalue weighted by Gasteiger charge is -2.09. The standard InChI is InChI=1S/C16H12ClN3O2/c1-22-15(21)10-6-8-11(9-7-10)18-14-12-4-2-3-5-13(12)19-16(17)20-14/h2-9H,1H3,(H,18,19,20). The van der Waals surface area contributed by atoms with E-state index >= 15 is 0 Å². The van der Waals surface area contributed by atoms with Crippen LogP contribution in [0.5, 0.6) is 0 Å². The minimum atomic E-state index is -0.373. The average molecular weight is 314 g/mol. The summed E-state index contributed by atoms with van der Waals surface area (Å²) < 4.78 is 4.67. The lowest BCUT2D eigenvalue weighted by molar-refractivity contribution is 0.0601. The first-order chi connectivity index (χ1) is 10.7. The minimum absolute atomic E-state index is 0.174. The Morgan fingerprint density at radius 2 is 1.82 bits per heavy atom. The highest BCUT2D eigenvalue weighted by Gasteiger charge is 2.08. The van der Waals surface area contributed by atoms with Crippen LogP contribution in [0.15, 0.2) is 48.5 Å². The Hall–Kier alpha value is -2.66. The van der Waals surface area contributed by atoms with Crippen molar-refractivity contribution in [3.63, 3.8) is 0 Å². The van der Waals surface area contributed by atoms with E-state index in [1.165, 1.54) is 7.11 Å². The van der Waals surface area contributed by atoms with Crippen LogP contribution in [0.25, 0.3) is 10.9 Å². The molecule has 5 nitrogen and oxygen atoms in total. The van der Waals surface area contributed by atoms with Crippen molar-refractivity contribution in [3.8, 4) is 0 Å². The zero-order chi connectivity index (χ0) is 15.5. The van der Waals surface area contributed by atoms with Gasteiger partial charge in [0.25, 0.3) is 0 Å². The first-order valence-corrected chi connectivity index (χ1v) is 6.93. The van der Waals surface area contributed by atoms with Crippen molar-refractivity contribution in [2.45, 2.75) is 0 Å². The van der Waals surface area contributed by atoms with Gasteiger partial charge in [0, 0.05) is 11.1 Å². The first-order valence-electron chi connectivity index (χ1n) is 6.55. The molecule has 0 amide bonds. The van der Waals surface area contributed by atoms with E-state index in [4.69, 9.17) is 11.6 Å². The molecule has 0 aliphatic carbocycles. The van der Waals surface area contributed by atoms with Crippen molar-refractivity contribution in [2.24, 2.45) is 0 Å². The Bertz CT molecular complexity index is 834. The summed E-state index contributed by atoms with van der Waals surface area (Å²) in [4.78, 5) is 19.8. The van der Waals surface area contributed by atoms with Gasteiger partial charge in [-0.15, -0.1) is 0 Å². The largest absolute Gasteiger partial charge is 0.465 e. The number of anilines is 2. The summed E-state index contributed by atoms with van der Waals surface area (Å²) in [5, 5.41) is 4.22. The molecule has 0 atom stereocenters. The van der Waals surface area contributed by atoms with Crippen molar-refractivity contribution in [1.29, 1.82) is 0 Å². The molecule has 3 rings (SSSR count). The predicted molar refractivity (Wildman–Crippen MR) is 85.6 cm³/mol. The summed E-state index contributed by atoms with van der Waals surface area (Å²) in [6, 6.07) is 14.5. The number of methoxy groups -OCH3 is 1. The second-order valence-corrected chi connectivity index (χ2v) is 4.89. The van der Waals surface area contributed by atoms with Crippen LogP contribution in [-0.4, -0.2) is 23.0 Å². The molecule has 0 saturated heterocycles. The molecule has 0 saturated carbocycles. The SMILES string of the molecule is COC(=O)c1ccc(Nc2nc(Cl)nc3ccccc23)cc1. The monoisotopic (exact) mass is 313 g/mol. The van der Waals surface area contributed by atoms with Crippen LogP contribution in [0.2, 0.25) is 5.28 Å². The molecular weight excluding hydrogens is 302 g/mol. The molecule has 0 bridgehead atoms. The van der Waals surface area contributed by atoms with Crippen molar-refractivity contribution in [1.82, 2.24) is 9.97 Å². The molecular formula is C16H12ClN3O2. The van der Waals surface area contributed by atoms with Gasteiger partial charge in [0.15, 0.2) is 0 Å². The number of esters is 1. The molecule has 0 spiro atoms. The van der Waals surface area contributed by atoms with Crippen LogP contribution >= 0.6 is 11.6 Å². The molecule has 22 heavy (non-hydrogen) atoms. The Kier molecular flexibility index (Phi) is 3.89. The van der Waals surface area contributed by atoms with Crippen molar-refractivity contribution in [2.75, 3.05) is 12.4 Å². The number of fused-ring (bicyclic) bond motifs is 1. The lowest BCUT2D eigenvalue weighted by atomic mass is 10.2. The average Bonchev–Trinajstić information content (AvgIpc) is 2.54. The van der Waals surface area contributed by atoms with Crippen LogP contribution < -0.4 is 5.32 Å². The van der Waals surface area contributed by atoms with Crippen molar-refractivity contribution >= 4 is 40.0 Å². The van der Waals surface area contributed by atoms with Crippen molar-refractivity contribution in [3.05, 3.63) is 59.4 Å². The van der Waals surface area contributed by atoms with E-state index in [-0.39, 0.29) is 11.3 Å². The van der Waals surface area contributed by atoms with E-state index in [1.807, 2.05) is 24.3 Å². The third kappa shape index (κ3) is 2.84. The summed E-state index contributed by atoms with van der Waals surface area (Å²) in [5.74, 6) is 0.239. The van der Waals surface area contributed by atoms with Gasteiger partial charge in [0.05, 0.1) is 18.2 Å². The maximum Gasteiger partial charge on any atom is 0.337 e. The van der Waals surface area contributed by atoms with E-state index < -0.39 is 0 Å². The highest BCUT2D eigenvalue weighted by molar-refractivity contribution is 6.28. The van der Waals surface area contributed by atoms with Gasteiger partial charge in [0.2, 0.25) is 5.28 Å². The maximum absolute atomic E-state index is 11.4. The number of hydrogen-bond donors (Lipinski definition) is 1. The van der Waals surface area contributed by atoms with Crippen LogP contribution in [0, 0.1) is 0 Å². The number of nitrogens with zero attached hydrogens (tertiary/aromatic N) is 2. The number of nitrogens with one attached hydrogen (secondary N) is 1. The molecule has 0 unspecified atom stereocenters. The Balaban J connectivity index is 1.94. The van der Waals surface area contributed by atoms with E-state index in [1.54, 1.807) is 24.3 Å². The number of halogens is 1. The fraction of sp³-hybridized carbons (Fsp3) is 0.0625. The molecule has 1 N–H and O–H groups in total. The number of aromatic nitrogens is 2. The van der Waals surface area contributed by atoms with Crippen LogP contribution in [-0.2, 0) is 4.74 Å². The summed E-state index contributed by atoms with van der Waals surface area (Å²) >= 11 is 5.95. The van der Waals surface area contributed by atoms with Gasteiger partial charge in [-0.2, -0.15) is 4.98 Å². The molecule has 1 aromatic heterocycles. The Labute approximate surface area is 131 Å². The summed E-state index contributed by atoms with van der Waals surface area (Å²) in [6.45, 7) is 0. The molecule has 0 aliphatic rings. The molecule has 6 heteroatoms. The first kappa shape index (κ1) is 14.3. The minimum Gasteiger partial charge on any atom is -0.465 e. The molecule has 0 fully saturated rings. The summed E-state index contributed by atoms with van der Waals surface area (Å²) in [7, 11) is 1.35. The zero-order valence-corrected chi connectivity index (χ0v) is 12.5. The molecule has 0 radical (unpaired) electrons. The second-order valence-electron chi connectivity index (χ2n) is 4.55. The van der Waals surface area contributed by atoms with Crippen LogP contribution in [0.3, 0.4) is 0 Å². The number of ether oxygens (including phenoxy) is 1. The number of benzene rings is 2. The Morgan fingerprint density at radius 1 is 1.09 bits per heavy atom. The molecule has 3 aromatic rings. The normalized spacial score (nSPS) is 10.5. The third-order valence-corrected chi connectivity index (χ3v) is 3.31. The highest BCUT2D eigenvalue weighted by Crippen LogP contribution is 2.25. The van der Waals surface area contributed by atoms with Gasteiger partial charge in [-0.3, -0.25) is 0 Å². The number of rotatable bonds is 3. The molecule has 2 aromatic carbocycles. The van der Waals surface area contributed by atoms with E-state index in [0.717, 1.165) is 16.6 Å². The number of carbonyl (C=O) groups excluding carboxylic acids is 1. The van der Waals surface area contributed by atoms with Gasteiger partial charge in [-0.1, -0.05) is 12.1 Å². The van der Waals surface area contributed by atoms with Crippen LogP contribution in [0.1, 0.15) is 10.4 Å². The fourth-order valence-electron chi connectivity index (χ4n) is 2.09. The van der Waals surface area contributed by atoms with Gasteiger partial charge >= 0.3 is 5.97 Å². The third-order valence-electron chi connectivity index (χ3n) is 3.14. The fourth-order valence-corrected chi connectivity index (χ4v) is 2.26. The predicted octanol–water partition coefficient (Wildman–Crippen LogP) is 3.81. The highest BCUT2D eigenvalue weighted by atomic mass is 35.5. The quantitative estimate of drug-likeness (QED) is 0.588. The number of para-hydroxylation sites is 1. The molecule has 1 heterocycles. The topological polar surface area (TPSA) is 64.1 Å². The summed E-state index contributed by atoms with van der Waals surface area (Å²) in [6.07, 6.45) is 0. The molecule has 110 valence electrons. The lowest BCUT2D eigenvalue weighted by Crippen LogP contribution is -2.01. The van der Waals surface area contributed by atoms with Gasteiger partial charge < -0.3 is 10.1 Å². The van der Waals surface area contributed by atoms with Gasteiger partial charge in [0.1, 0.15) is 5.82 Å².